The fourth-order valence-electron chi connectivity index (χ4n) is 1.71. The minimum Gasteiger partial charge on any atom is -0.502 e. The van der Waals surface area contributed by atoms with Crippen molar-refractivity contribution in [2.75, 3.05) is 5.32 Å². The largest absolute Gasteiger partial charge is 0.502 e. The van der Waals surface area contributed by atoms with Gasteiger partial charge in [-0.15, -0.1) is 0 Å². The van der Waals surface area contributed by atoms with Crippen LogP contribution < -0.4 is 10.1 Å². The van der Waals surface area contributed by atoms with E-state index in [4.69, 9.17) is 9.52 Å². The second kappa shape index (κ2) is 5.72. The SMILES string of the molecule is CC(=O)Oc1c(NC(=O)O)oc(-c2cc(F)cc(F)c2)c1O. The number of furan rings is 1. The van der Waals surface area contributed by atoms with Crippen LogP contribution in [0.25, 0.3) is 11.3 Å². The summed E-state index contributed by atoms with van der Waals surface area (Å²) in [6.45, 7) is 1.01. The lowest BCUT2D eigenvalue weighted by molar-refractivity contribution is -0.132. The molecule has 1 heterocycles. The summed E-state index contributed by atoms with van der Waals surface area (Å²) >= 11 is 0. The summed E-state index contributed by atoms with van der Waals surface area (Å²) in [7, 11) is 0. The summed E-state index contributed by atoms with van der Waals surface area (Å²) in [5.41, 5.74) is -0.207. The van der Waals surface area contributed by atoms with Crippen LogP contribution in [0.5, 0.6) is 11.5 Å². The van der Waals surface area contributed by atoms with Gasteiger partial charge < -0.3 is 19.4 Å². The van der Waals surface area contributed by atoms with Crippen LogP contribution in [0.1, 0.15) is 6.92 Å². The fraction of sp³-hybridized carbons (Fsp3) is 0.0769. The smallest absolute Gasteiger partial charge is 0.411 e. The minimum absolute atomic E-state index is 0.207. The number of halogens is 2. The van der Waals surface area contributed by atoms with Crippen LogP contribution >= 0.6 is 0 Å². The number of carboxylic acid groups (broad SMARTS) is 1. The molecule has 0 unspecified atom stereocenters. The van der Waals surface area contributed by atoms with Crippen LogP contribution in [0.3, 0.4) is 0 Å². The number of carbonyl (C=O) groups is 2. The van der Waals surface area contributed by atoms with Crippen molar-refractivity contribution in [3.8, 4) is 22.8 Å². The number of hydrogen-bond acceptors (Lipinski definition) is 5. The van der Waals surface area contributed by atoms with Crippen molar-refractivity contribution in [1.29, 1.82) is 0 Å². The van der Waals surface area contributed by atoms with Crippen molar-refractivity contribution >= 4 is 17.9 Å². The van der Waals surface area contributed by atoms with E-state index in [1.807, 2.05) is 0 Å². The predicted molar refractivity (Wildman–Crippen MR) is 68.7 cm³/mol. The van der Waals surface area contributed by atoms with Crippen LogP contribution in [-0.2, 0) is 4.79 Å². The van der Waals surface area contributed by atoms with E-state index in [1.165, 1.54) is 0 Å². The third kappa shape index (κ3) is 3.14. The lowest BCUT2D eigenvalue weighted by atomic mass is 10.1. The second-order valence-corrected chi connectivity index (χ2v) is 4.12. The van der Waals surface area contributed by atoms with Gasteiger partial charge >= 0.3 is 12.1 Å². The van der Waals surface area contributed by atoms with Crippen molar-refractivity contribution in [3.63, 3.8) is 0 Å². The zero-order valence-corrected chi connectivity index (χ0v) is 11.0. The molecule has 1 aromatic heterocycles. The van der Waals surface area contributed by atoms with Crippen LogP contribution in [-0.4, -0.2) is 22.3 Å². The maximum atomic E-state index is 13.2. The van der Waals surface area contributed by atoms with Gasteiger partial charge in [0.15, 0.2) is 5.76 Å². The zero-order valence-electron chi connectivity index (χ0n) is 11.0. The highest BCUT2D eigenvalue weighted by molar-refractivity contribution is 5.88. The Hall–Kier alpha value is -3.10. The Morgan fingerprint density at radius 1 is 1.23 bits per heavy atom. The van der Waals surface area contributed by atoms with E-state index in [9.17, 15) is 23.5 Å². The number of rotatable bonds is 3. The number of esters is 1. The monoisotopic (exact) mass is 313 g/mol. The van der Waals surface area contributed by atoms with Gasteiger partial charge in [0.05, 0.1) is 0 Å². The second-order valence-electron chi connectivity index (χ2n) is 4.12. The van der Waals surface area contributed by atoms with E-state index < -0.39 is 46.8 Å². The molecule has 1 amide bonds. The molecule has 7 nitrogen and oxygen atoms in total. The predicted octanol–water partition coefficient (Wildman–Crippen LogP) is 2.95. The van der Waals surface area contributed by atoms with E-state index >= 15 is 0 Å². The van der Waals surface area contributed by atoms with Gasteiger partial charge in [0, 0.05) is 18.6 Å². The highest BCUT2D eigenvalue weighted by Crippen LogP contribution is 2.46. The molecule has 0 atom stereocenters. The van der Waals surface area contributed by atoms with E-state index in [1.54, 1.807) is 5.32 Å². The molecular formula is C13H9F2NO6. The first-order valence-electron chi connectivity index (χ1n) is 5.78. The average Bonchev–Trinajstić information content (AvgIpc) is 2.65. The molecule has 0 radical (unpaired) electrons. The highest BCUT2D eigenvalue weighted by atomic mass is 19.1. The Balaban J connectivity index is 2.58. The first-order chi connectivity index (χ1) is 10.3. The number of carbonyl (C=O) groups excluding carboxylic acids is 1. The third-order valence-electron chi connectivity index (χ3n) is 2.43. The molecule has 116 valence electrons. The molecule has 0 fully saturated rings. The molecule has 0 saturated carbocycles. The van der Waals surface area contributed by atoms with E-state index in [0.717, 1.165) is 19.1 Å². The standard InChI is InChI=1S/C13H9F2NO6/c1-5(17)21-11-9(18)10(22-12(11)16-13(19)20)6-2-7(14)4-8(15)3-6/h2-4,16,18H,1H3,(H,19,20). The number of nitrogens with one attached hydrogen (secondary N) is 1. The van der Waals surface area contributed by atoms with Crippen molar-refractivity contribution in [2.45, 2.75) is 6.92 Å². The van der Waals surface area contributed by atoms with Gasteiger partial charge in [0.25, 0.3) is 5.88 Å². The summed E-state index contributed by atoms with van der Waals surface area (Å²) in [5, 5.41) is 20.4. The van der Waals surface area contributed by atoms with Gasteiger partial charge in [-0.25, -0.2) is 13.6 Å². The fourth-order valence-corrected chi connectivity index (χ4v) is 1.71. The molecule has 9 heteroatoms. The molecule has 0 saturated heterocycles. The van der Waals surface area contributed by atoms with Crippen molar-refractivity contribution in [2.24, 2.45) is 0 Å². The molecule has 0 aliphatic heterocycles. The maximum absolute atomic E-state index is 13.2. The lowest BCUT2D eigenvalue weighted by Gasteiger charge is -2.01. The van der Waals surface area contributed by atoms with Crippen LogP contribution in [0.4, 0.5) is 19.5 Å². The number of hydrogen-bond donors (Lipinski definition) is 3. The van der Waals surface area contributed by atoms with Crippen molar-refractivity contribution in [3.05, 3.63) is 29.8 Å². The molecule has 22 heavy (non-hydrogen) atoms. The number of amides is 1. The number of ether oxygens (including phenoxy) is 1. The third-order valence-corrected chi connectivity index (χ3v) is 2.43. The van der Waals surface area contributed by atoms with Gasteiger partial charge in [0.2, 0.25) is 11.5 Å². The van der Waals surface area contributed by atoms with E-state index in [-0.39, 0.29) is 5.56 Å². The summed E-state index contributed by atoms with van der Waals surface area (Å²) in [6, 6.07) is 2.31. The first-order valence-corrected chi connectivity index (χ1v) is 5.78. The Morgan fingerprint density at radius 3 is 2.32 bits per heavy atom. The molecule has 0 aliphatic carbocycles. The molecule has 2 rings (SSSR count). The lowest BCUT2D eigenvalue weighted by Crippen LogP contribution is -2.09. The number of benzene rings is 1. The Bertz CT molecular complexity index is 735. The topological polar surface area (TPSA) is 109 Å². The molecule has 2 aromatic rings. The molecule has 0 spiro atoms. The first kappa shape index (κ1) is 15.3. The van der Waals surface area contributed by atoms with Gasteiger partial charge in [0.1, 0.15) is 11.6 Å². The molecule has 3 N–H and O–H groups in total. The quantitative estimate of drug-likeness (QED) is 0.752. The number of aromatic hydroxyl groups is 1. The number of anilines is 1. The van der Waals surface area contributed by atoms with Crippen molar-refractivity contribution in [1.82, 2.24) is 0 Å². The maximum Gasteiger partial charge on any atom is 0.411 e. The highest BCUT2D eigenvalue weighted by Gasteiger charge is 2.26. The normalized spacial score (nSPS) is 10.3. The summed E-state index contributed by atoms with van der Waals surface area (Å²) in [4.78, 5) is 21.6. The van der Waals surface area contributed by atoms with E-state index in [0.29, 0.717) is 6.07 Å². The summed E-state index contributed by atoms with van der Waals surface area (Å²) in [6.07, 6.45) is -1.56. The van der Waals surface area contributed by atoms with E-state index in [2.05, 4.69) is 4.74 Å². The molecule has 0 bridgehead atoms. The minimum atomic E-state index is -1.56. The zero-order chi connectivity index (χ0) is 16.4. The average molecular weight is 313 g/mol. The summed E-state index contributed by atoms with van der Waals surface area (Å²) < 4.78 is 36.1. The van der Waals surface area contributed by atoms with Crippen LogP contribution in [0.2, 0.25) is 0 Å². The molecule has 0 aliphatic rings. The molecule has 1 aromatic carbocycles. The van der Waals surface area contributed by atoms with Gasteiger partial charge in [-0.1, -0.05) is 0 Å². The van der Waals surface area contributed by atoms with Gasteiger partial charge in [-0.2, -0.15) is 0 Å². The van der Waals surface area contributed by atoms with Gasteiger partial charge in [-0.05, 0) is 12.1 Å². The molecular weight excluding hydrogens is 304 g/mol. The van der Waals surface area contributed by atoms with Crippen molar-refractivity contribution < 1.29 is 37.7 Å². The van der Waals surface area contributed by atoms with Crippen LogP contribution in [0.15, 0.2) is 22.6 Å². The summed E-state index contributed by atoms with van der Waals surface area (Å²) in [5.74, 6) is -5.17. The van der Waals surface area contributed by atoms with Gasteiger partial charge in [-0.3, -0.25) is 10.1 Å². The Morgan fingerprint density at radius 2 is 1.82 bits per heavy atom. The van der Waals surface area contributed by atoms with Crippen LogP contribution in [0, 0.1) is 11.6 Å². The Kier molecular flexibility index (Phi) is 3.97. The Labute approximate surface area is 121 Å².